The van der Waals surface area contributed by atoms with Crippen LogP contribution in [0.25, 0.3) is 0 Å². The topological polar surface area (TPSA) is 32.3 Å². The van der Waals surface area contributed by atoms with Crippen molar-refractivity contribution >= 4 is 34.9 Å². The van der Waals surface area contributed by atoms with Crippen molar-refractivity contribution in [3.05, 3.63) is 28.2 Å². The van der Waals surface area contributed by atoms with Gasteiger partial charge in [0.25, 0.3) is 0 Å². The van der Waals surface area contributed by atoms with Gasteiger partial charge in [-0.1, -0.05) is 23.2 Å². The first-order chi connectivity index (χ1) is 7.71. The molecule has 0 aromatic heterocycles. The minimum Gasteiger partial charge on any atom is -0.331 e. The van der Waals surface area contributed by atoms with Gasteiger partial charge in [0, 0.05) is 23.8 Å². The number of hydrogen-bond acceptors (Lipinski definition) is 1. The highest BCUT2D eigenvalue weighted by Gasteiger charge is 2.05. The summed E-state index contributed by atoms with van der Waals surface area (Å²) in [5, 5.41) is 3.03. The number of nitrogens with one attached hydrogen (secondary N) is 1. The second-order valence-corrected chi connectivity index (χ2v) is 3.43. The third-order valence-corrected chi connectivity index (χ3v) is 2.21. The third kappa shape index (κ3) is 2.79. The number of halogens is 2. The standard InChI is InChI=1S/C9H10Cl2N2O/c1-13(2)9(14)12-6-3-4-7(10)8(11)5-6/h3-5H,1-2H3,(H,12,14)/i1D3. The van der Waals surface area contributed by atoms with E-state index in [9.17, 15) is 4.79 Å². The van der Waals surface area contributed by atoms with Crippen LogP contribution in [0.15, 0.2) is 18.2 Å². The molecule has 1 aromatic rings. The monoisotopic (exact) mass is 235 g/mol. The number of carbonyl (C=O) groups is 1. The summed E-state index contributed by atoms with van der Waals surface area (Å²) >= 11 is 11.5. The molecule has 0 radical (unpaired) electrons. The Morgan fingerprint density at radius 3 is 2.79 bits per heavy atom. The zero-order valence-electron chi connectivity index (χ0n) is 10.3. The summed E-state index contributed by atoms with van der Waals surface area (Å²) in [7, 11) is 1.18. The minimum absolute atomic E-state index is 0.279. The average Bonchev–Trinajstić information content (AvgIpc) is 2.21. The molecule has 0 saturated heterocycles. The number of carbonyl (C=O) groups excluding carboxylic acids is 1. The molecule has 5 heteroatoms. The molecule has 0 spiro atoms. The summed E-state index contributed by atoms with van der Waals surface area (Å²) in [5.74, 6) is 0. The number of nitrogens with zero attached hydrogens (tertiary/aromatic N) is 1. The van der Waals surface area contributed by atoms with Crippen molar-refractivity contribution in [2.75, 3.05) is 19.3 Å². The number of urea groups is 1. The molecule has 0 aliphatic heterocycles. The largest absolute Gasteiger partial charge is 0.331 e. The van der Waals surface area contributed by atoms with E-state index in [1.54, 1.807) is 0 Å². The van der Waals surface area contributed by atoms with Crippen molar-refractivity contribution in [2.45, 2.75) is 0 Å². The van der Waals surface area contributed by atoms with Crippen molar-refractivity contribution in [1.29, 1.82) is 0 Å². The van der Waals surface area contributed by atoms with Gasteiger partial charge in [0.1, 0.15) is 0 Å². The zero-order valence-corrected chi connectivity index (χ0v) is 8.86. The van der Waals surface area contributed by atoms with Crippen LogP contribution in [-0.4, -0.2) is 25.0 Å². The molecular formula is C9H10Cl2N2O. The molecule has 2 amide bonds. The number of rotatable bonds is 1. The number of amides is 2. The molecule has 0 bridgehead atoms. The van der Waals surface area contributed by atoms with Gasteiger partial charge in [-0.3, -0.25) is 0 Å². The minimum atomic E-state index is -2.49. The molecule has 0 fully saturated rings. The summed E-state index contributed by atoms with van der Waals surface area (Å²) in [6.45, 7) is -2.49. The van der Waals surface area contributed by atoms with Crippen LogP contribution in [-0.2, 0) is 0 Å². The van der Waals surface area contributed by atoms with Crippen molar-refractivity contribution in [3.63, 3.8) is 0 Å². The Hall–Kier alpha value is -0.930. The fourth-order valence-corrected chi connectivity index (χ4v) is 1.08. The van der Waals surface area contributed by atoms with E-state index < -0.39 is 13.0 Å². The fourth-order valence-electron chi connectivity index (χ4n) is 0.781. The first-order valence-electron chi connectivity index (χ1n) is 5.21. The molecule has 14 heavy (non-hydrogen) atoms. The molecular weight excluding hydrogens is 223 g/mol. The van der Waals surface area contributed by atoms with E-state index >= 15 is 0 Å². The van der Waals surface area contributed by atoms with E-state index in [2.05, 4.69) is 5.32 Å². The molecule has 0 aliphatic rings. The summed E-state index contributed by atoms with van der Waals surface area (Å²) in [5.41, 5.74) is 0.375. The van der Waals surface area contributed by atoms with Crippen LogP contribution in [0.4, 0.5) is 10.5 Å². The van der Waals surface area contributed by atoms with E-state index in [0.717, 1.165) is 0 Å². The Morgan fingerprint density at radius 1 is 1.50 bits per heavy atom. The Morgan fingerprint density at radius 2 is 2.21 bits per heavy atom. The van der Waals surface area contributed by atoms with Crippen LogP contribution in [0.5, 0.6) is 0 Å². The van der Waals surface area contributed by atoms with Crippen molar-refractivity contribution < 1.29 is 8.91 Å². The highest BCUT2D eigenvalue weighted by molar-refractivity contribution is 6.42. The summed E-state index contributed by atoms with van der Waals surface area (Å²) < 4.78 is 21.2. The normalized spacial score (nSPS) is 13.8. The number of anilines is 1. The van der Waals surface area contributed by atoms with Gasteiger partial charge in [0.15, 0.2) is 0 Å². The molecule has 0 aliphatic carbocycles. The second-order valence-electron chi connectivity index (χ2n) is 2.62. The van der Waals surface area contributed by atoms with Crippen molar-refractivity contribution in [2.24, 2.45) is 0 Å². The lowest BCUT2D eigenvalue weighted by atomic mass is 10.3. The second kappa shape index (κ2) is 4.53. The van der Waals surface area contributed by atoms with Gasteiger partial charge in [-0.2, -0.15) is 0 Å². The van der Waals surface area contributed by atoms with E-state index in [1.165, 1.54) is 25.2 Å². The fraction of sp³-hybridized carbons (Fsp3) is 0.222. The molecule has 3 nitrogen and oxygen atoms in total. The van der Waals surface area contributed by atoms with Gasteiger partial charge in [-0.05, 0) is 18.2 Å². The van der Waals surface area contributed by atoms with Crippen LogP contribution in [0.3, 0.4) is 0 Å². The maximum Gasteiger partial charge on any atom is 0.321 e. The smallest absolute Gasteiger partial charge is 0.321 e. The molecule has 0 saturated carbocycles. The van der Waals surface area contributed by atoms with Gasteiger partial charge in [-0.15, -0.1) is 0 Å². The number of benzene rings is 1. The van der Waals surface area contributed by atoms with E-state index in [4.69, 9.17) is 27.3 Å². The summed E-state index contributed by atoms with van der Waals surface area (Å²) in [6.07, 6.45) is 0. The van der Waals surface area contributed by atoms with Crippen LogP contribution in [0.1, 0.15) is 4.11 Å². The predicted molar refractivity (Wildman–Crippen MR) is 59.2 cm³/mol. The SMILES string of the molecule is [2H]C([2H])([2H])N(C)C(=O)Nc1ccc(Cl)c(Cl)c1. The Bertz CT molecular complexity index is 437. The molecule has 0 atom stereocenters. The Kier molecular flexibility index (Phi) is 2.39. The third-order valence-electron chi connectivity index (χ3n) is 1.48. The maximum absolute atomic E-state index is 11.5. The van der Waals surface area contributed by atoms with Crippen LogP contribution >= 0.6 is 23.2 Å². The molecule has 76 valence electrons. The van der Waals surface area contributed by atoms with Gasteiger partial charge in [-0.25, -0.2) is 4.79 Å². The quantitative estimate of drug-likeness (QED) is 0.798. The lowest BCUT2D eigenvalue weighted by Crippen LogP contribution is -2.27. The first kappa shape index (κ1) is 7.37. The van der Waals surface area contributed by atoms with Crippen molar-refractivity contribution in [3.8, 4) is 0 Å². The highest BCUT2D eigenvalue weighted by atomic mass is 35.5. The van der Waals surface area contributed by atoms with Gasteiger partial charge in [0.2, 0.25) is 0 Å². The highest BCUT2D eigenvalue weighted by Crippen LogP contribution is 2.24. The molecule has 1 N–H and O–H groups in total. The summed E-state index contributed by atoms with van der Waals surface area (Å²) in [6, 6.07) is 3.73. The lowest BCUT2D eigenvalue weighted by molar-refractivity contribution is 0.230. The first-order valence-corrected chi connectivity index (χ1v) is 4.47. The van der Waals surface area contributed by atoms with Gasteiger partial charge in [0.05, 0.1) is 10.0 Å². The van der Waals surface area contributed by atoms with Crippen LogP contribution < -0.4 is 5.32 Å². The lowest BCUT2D eigenvalue weighted by Gasteiger charge is -2.12. The van der Waals surface area contributed by atoms with E-state index in [1.807, 2.05) is 0 Å². The predicted octanol–water partition coefficient (Wildman–Crippen LogP) is 3.09. The zero-order chi connectivity index (χ0) is 13.2. The molecule has 1 rings (SSSR count). The Labute approximate surface area is 96.8 Å². The van der Waals surface area contributed by atoms with Gasteiger partial charge >= 0.3 is 6.03 Å². The van der Waals surface area contributed by atoms with Gasteiger partial charge < -0.3 is 10.2 Å². The maximum atomic E-state index is 11.5. The number of hydrogen-bond donors (Lipinski definition) is 1. The van der Waals surface area contributed by atoms with E-state index in [0.29, 0.717) is 15.6 Å². The average molecular weight is 236 g/mol. The van der Waals surface area contributed by atoms with E-state index in [-0.39, 0.29) is 5.02 Å². The Balaban J connectivity index is 2.78. The van der Waals surface area contributed by atoms with Crippen LogP contribution in [0, 0.1) is 0 Å². The van der Waals surface area contributed by atoms with Crippen LogP contribution in [0.2, 0.25) is 10.0 Å². The molecule has 1 aromatic carbocycles. The van der Waals surface area contributed by atoms with Crippen molar-refractivity contribution in [1.82, 2.24) is 4.90 Å². The summed E-state index contributed by atoms with van der Waals surface area (Å²) in [4.78, 5) is 12.2. The molecule has 0 unspecified atom stereocenters. The molecule has 0 heterocycles.